The molecule has 0 bridgehead atoms. The van der Waals surface area contributed by atoms with E-state index in [0.29, 0.717) is 21.6 Å². The van der Waals surface area contributed by atoms with Crippen LogP contribution in [0, 0.1) is 0 Å². The molecule has 0 fully saturated rings. The number of ether oxygens (including phenoxy) is 1. The highest BCUT2D eigenvalue weighted by molar-refractivity contribution is 8.04. The molecule has 0 unspecified atom stereocenters. The zero-order chi connectivity index (χ0) is 19.2. The molecular formula is C21H17Cl2NO2S. The quantitative estimate of drug-likeness (QED) is 0.209. The number of hydrogen-bond donors (Lipinski definition) is 1. The highest BCUT2D eigenvalue weighted by atomic mass is 35.5. The zero-order valence-corrected chi connectivity index (χ0v) is 16.9. The first-order valence-electron chi connectivity index (χ1n) is 8.33. The molecule has 0 amide bonds. The number of esters is 1. The van der Waals surface area contributed by atoms with Crippen molar-refractivity contribution in [3.8, 4) is 0 Å². The van der Waals surface area contributed by atoms with Gasteiger partial charge < -0.3 is 9.72 Å². The van der Waals surface area contributed by atoms with Gasteiger partial charge in [-0.3, -0.25) is 0 Å². The first-order valence-corrected chi connectivity index (χ1v) is 9.90. The molecule has 138 valence electrons. The SMILES string of the molecule is CCOC(=O)C(=CC=Cc1cc2cc(Cl)c(Cl)cc2[nH]1)Sc1ccccc1. The van der Waals surface area contributed by atoms with E-state index < -0.39 is 0 Å². The van der Waals surface area contributed by atoms with E-state index in [2.05, 4.69) is 4.98 Å². The number of carbonyl (C=O) groups is 1. The second kappa shape index (κ2) is 9.18. The van der Waals surface area contributed by atoms with Gasteiger partial charge in [-0.15, -0.1) is 0 Å². The van der Waals surface area contributed by atoms with Gasteiger partial charge in [-0.2, -0.15) is 0 Å². The summed E-state index contributed by atoms with van der Waals surface area (Å²) < 4.78 is 5.15. The van der Waals surface area contributed by atoms with Gasteiger partial charge >= 0.3 is 5.97 Å². The summed E-state index contributed by atoms with van der Waals surface area (Å²) in [5.41, 5.74) is 1.78. The molecule has 6 heteroatoms. The van der Waals surface area contributed by atoms with Gasteiger partial charge in [-0.25, -0.2) is 4.79 Å². The molecule has 3 aromatic rings. The molecule has 27 heavy (non-hydrogen) atoms. The van der Waals surface area contributed by atoms with Crippen LogP contribution in [0.5, 0.6) is 0 Å². The van der Waals surface area contributed by atoms with Crippen LogP contribution in [0.1, 0.15) is 12.6 Å². The number of allylic oxidation sites excluding steroid dienone is 2. The summed E-state index contributed by atoms with van der Waals surface area (Å²) >= 11 is 13.5. The van der Waals surface area contributed by atoms with Gasteiger partial charge in [0.2, 0.25) is 0 Å². The van der Waals surface area contributed by atoms with Gasteiger partial charge in [-0.05, 0) is 49.4 Å². The number of thioether (sulfide) groups is 1. The standard InChI is InChI=1S/C21H17Cl2NO2S/c1-2-26-21(25)20(27-16-8-4-3-5-9-16)10-6-7-15-11-14-12-17(22)18(23)13-19(14)24-15/h3-13,24H,2H2,1H3. The van der Waals surface area contributed by atoms with Gasteiger partial charge in [0.1, 0.15) is 0 Å². The van der Waals surface area contributed by atoms with Gasteiger partial charge in [-0.1, -0.05) is 59.2 Å². The number of H-pyrrole nitrogens is 1. The summed E-state index contributed by atoms with van der Waals surface area (Å²) in [7, 11) is 0. The van der Waals surface area contributed by atoms with E-state index in [1.54, 1.807) is 19.1 Å². The van der Waals surface area contributed by atoms with Crippen molar-refractivity contribution in [3.05, 3.63) is 81.3 Å². The molecule has 0 spiro atoms. The molecule has 0 radical (unpaired) electrons. The molecule has 0 atom stereocenters. The Morgan fingerprint density at radius 1 is 1.15 bits per heavy atom. The van der Waals surface area contributed by atoms with Gasteiger partial charge in [0.15, 0.2) is 0 Å². The summed E-state index contributed by atoms with van der Waals surface area (Å²) in [4.78, 5) is 17.0. The van der Waals surface area contributed by atoms with Crippen molar-refractivity contribution in [2.75, 3.05) is 6.61 Å². The molecule has 0 aliphatic carbocycles. The third-order valence-electron chi connectivity index (χ3n) is 3.65. The predicted molar refractivity (Wildman–Crippen MR) is 114 cm³/mol. The van der Waals surface area contributed by atoms with E-state index in [0.717, 1.165) is 21.5 Å². The first-order chi connectivity index (χ1) is 13.1. The molecule has 1 heterocycles. The Bertz CT molecular complexity index is 971. The summed E-state index contributed by atoms with van der Waals surface area (Å²) in [6, 6.07) is 15.3. The number of benzene rings is 2. The van der Waals surface area contributed by atoms with Crippen molar-refractivity contribution in [1.82, 2.24) is 4.98 Å². The smallest absolute Gasteiger partial charge is 0.344 e. The van der Waals surface area contributed by atoms with E-state index >= 15 is 0 Å². The third kappa shape index (κ3) is 5.19. The molecule has 3 rings (SSSR count). The van der Waals surface area contributed by atoms with Crippen LogP contribution < -0.4 is 0 Å². The maximum absolute atomic E-state index is 12.2. The molecule has 1 aromatic heterocycles. The molecule has 3 nitrogen and oxygen atoms in total. The molecule has 0 aliphatic heterocycles. The Kier molecular flexibility index (Phi) is 6.67. The van der Waals surface area contributed by atoms with Crippen molar-refractivity contribution in [3.63, 3.8) is 0 Å². The van der Waals surface area contributed by atoms with E-state index in [1.165, 1.54) is 11.8 Å². The topological polar surface area (TPSA) is 42.1 Å². The van der Waals surface area contributed by atoms with Crippen LogP contribution >= 0.6 is 35.0 Å². The zero-order valence-electron chi connectivity index (χ0n) is 14.5. The lowest BCUT2D eigenvalue weighted by Crippen LogP contribution is -2.05. The largest absolute Gasteiger partial charge is 0.462 e. The lowest BCUT2D eigenvalue weighted by Gasteiger charge is -2.05. The van der Waals surface area contributed by atoms with Gasteiger partial charge in [0.05, 0.1) is 21.6 Å². The second-order valence-electron chi connectivity index (χ2n) is 5.60. The summed E-state index contributed by atoms with van der Waals surface area (Å²) in [6.07, 6.45) is 5.45. The van der Waals surface area contributed by atoms with Crippen LogP contribution in [0.2, 0.25) is 10.0 Å². The van der Waals surface area contributed by atoms with Crippen molar-refractivity contribution in [2.24, 2.45) is 0 Å². The van der Waals surface area contributed by atoms with Crippen molar-refractivity contribution >= 4 is 57.9 Å². The van der Waals surface area contributed by atoms with E-state index in [4.69, 9.17) is 27.9 Å². The van der Waals surface area contributed by atoms with Crippen LogP contribution in [-0.4, -0.2) is 17.6 Å². The van der Waals surface area contributed by atoms with E-state index in [-0.39, 0.29) is 5.97 Å². The first kappa shape index (κ1) is 19.6. The summed E-state index contributed by atoms with van der Waals surface area (Å²) in [6.45, 7) is 2.12. The lowest BCUT2D eigenvalue weighted by molar-refractivity contribution is -0.137. The van der Waals surface area contributed by atoms with Crippen molar-refractivity contribution in [1.29, 1.82) is 0 Å². The lowest BCUT2D eigenvalue weighted by atomic mass is 10.2. The monoisotopic (exact) mass is 417 g/mol. The van der Waals surface area contributed by atoms with Crippen molar-refractivity contribution in [2.45, 2.75) is 11.8 Å². The Labute approximate surface area is 172 Å². The summed E-state index contributed by atoms with van der Waals surface area (Å²) in [5.74, 6) is -0.341. The highest BCUT2D eigenvalue weighted by Crippen LogP contribution is 2.29. The Hall–Kier alpha value is -2.14. The number of nitrogens with one attached hydrogen (secondary N) is 1. The fraction of sp³-hybridized carbons (Fsp3) is 0.0952. The van der Waals surface area contributed by atoms with E-state index in [9.17, 15) is 4.79 Å². The van der Waals surface area contributed by atoms with Crippen molar-refractivity contribution < 1.29 is 9.53 Å². The number of halogens is 2. The molecule has 0 saturated carbocycles. The van der Waals surface area contributed by atoms with E-state index in [1.807, 2.05) is 54.6 Å². The minimum atomic E-state index is -0.341. The Morgan fingerprint density at radius 3 is 2.63 bits per heavy atom. The number of aromatic amines is 1. The number of fused-ring (bicyclic) bond motifs is 1. The van der Waals surface area contributed by atoms with Crippen LogP contribution in [0.25, 0.3) is 17.0 Å². The Morgan fingerprint density at radius 2 is 1.89 bits per heavy atom. The highest BCUT2D eigenvalue weighted by Gasteiger charge is 2.11. The van der Waals surface area contributed by atoms with Crippen LogP contribution in [0.15, 0.2) is 70.5 Å². The molecule has 0 saturated heterocycles. The number of rotatable bonds is 6. The maximum atomic E-state index is 12.2. The summed E-state index contributed by atoms with van der Waals surface area (Å²) in [5, 5.41) is 1.99. The van der Waals surface area contributed by atoms with Crippen LogP contribution in [0.3, 0.4) is 0 Å². The van der Waals surface area contributed by atoms with Gasteiger partial charge in [0, 0.05) is 21.5 Å². The van der Waals surface area contributed by atoms with Crippen LogP contribution in [-0.2, 0) is 9.53 Å². The molecule has 2 aromatic carbocycles. The average molecular weight is 418 g/mol. The number of aromatic nitrogens is 1. The van der Waals surface area contributed by atoms with Crippen LogP contribution in [0.4, 0.5) is 0 Å². The minimum absolute atomic E-state index is 0.332. The molecule has 0 aliphatic rings. The molecular weight excluding hydrogens is 401 g/mol. The normalized spacial score (nSPS) is 12.0. The predicted octanol–water partition coefficient (Wildman–Crippen LogP) is 6.73. The average Bonchev–Trinajstić information content (AvgIpc) is 3.03. The fourth-order valence-electron chi connectivity index (χ4n) is 2.44. The second-order valence-corrected chi connectivity index (χ2v) is 7.53. The van der Waals surface area contributed by atoms with Gasteiger partial charge in [0.25, 0.3) is 0 Å². The maximum Gasteiger partial charge on any atom is 0.344 e. The number of hydrogen-bond acceptors (Lipinski definition) is 3. The third-order valence-corrected chi connectivity index (χ3v) is 5.41. The molecule has 1 N–H and O–H groups in total. The number of carbonyl (C=O) groups excluding carboxylic acids is 1. The fourth-order valence-corrected chi connectivity index (χ4v) is 3.61. The Balaban J connectivity index is 1.83. The minimum Gasteiger partial charge on any atom is -0.462 e.